The maximum atomic E-state index is 12.7. The molecule has 0 unspecified atom stereocenters. The smallest absolute Gasteiger partial charge is 0.254 e. The average Bonchev–Trinajstić information content (AvgIpc) is 2.62. The number of aromatic nitrogens is 2. The summed E-state index contributed by atoms with van der Waals surface area (Å²) in [4.78, 5) is 25.3. The van der Waals surface area contributed by atoms with E-state index in [1.165, 1.54) is 6.21 Å². The van der Waals surface area contributed by atoms with Crippen molar-refractivity contribution in [2.24, 2.45) is 5.16 Å². The van der Waals surface area contributed by atoms with E-state index in [9.17, 15) is 4.79 Å². The molecule has 0 saturated carbocycles. The van der Waals surface area contributed by atoms with Crippen LogP contribution in [0.1, 0.15) is 21.6 Å². The minimum atomic E-state index is -0.0599. The van der Waals surface area contributed by atoms with Crippen LogP contribution in [0.15, 0.2) is 41.7 Å². The Bertz CT molecular complexity index is 754. The second-order valence-electron chi connectivity index (χ2n) is 5.61. The number of rotatable bonds is 3. The first-order valence-electron chi connectivity index (χ1n) is 7.79. The largest absolute Gasteiger partial charge is 0.411 e. The van der Waals surface area contributed by atoms with Crippen LogP contribution in [0.3, 0.4) is 0 Å². The first-order chi connectivity index (χ1) is 11.7. The Morgan fingerprint density at radius 1 is 1.21 bits per heavy atom. The third-order valence-corrected chi connectivity index (χ3v) is 4.02. The molecule has 124 valence electrons. The molecule has 1 fully saturated rings. The molecule has 1 aliphatic rings. The highest BCUT2D eigenvalue weighted by Gasteiger charge is 2.24. The van der Waals surface area contributed by atoms with E-state index in [1.54, 1.807) is 35.4 Å². The third kappa shape index (κ3) is 3.34. The van der Waals surface area contributed by atoms with Crippen molar-refractivity contribution in [1.82, 2.24) is 14.9 Å². The number of amides is 1. The van der Waals surface area contributed by atoms with Gasteiger partial charge >= 0.3 is 0 Å². The van der Waals surface area contributed by atoms with Gasteiger partial charge in [-0.3, -0.25) is 4.79 Å². The van der Waals surface area contributed by atoms with Crippen LogP contribution in [0.4, 0.5) is 5.95 Å². The van der Waals surface area contributed by atoms with Crippen LogP contribution in [0, 0.1) is 6.92 Å². The maximum Gasteiger partial charge on any atom is 0.254 e. The molecule has 2 aromatic rings. The van der Waals surface area contributed by atoms with E-state index in [2.05, 4.69) is 20.0 Å². The zero-order chi connectivity index (χ0) is 16.9. The van der Waals surface area contributed by atoms with Gasteiger partial charge in [-0.15, -0.1) is 0 Å². The van der Waals surface area contributed by atoms with E-state index in [0.29, 0.717) is 43.3 Å². The van der Waals surface area contributed by atoms with Crippen molar-refractivity contribution in [3.63, 3.8) is 0 Å². The van der Waals surface area contributed by atoms with Crippen molar-refractivity contribution in [3.8, 4) is 0 Å². The molecule has 24 heavy (non-hydrogen) atoms. The predicted octanol–water partition coefficient (Wildman–Crippen LogP) is 1.56. The van der Waals surface area contributed by atoms with Gasteiger partial charge in [0.2, 0.25) is 5.95 Å². The second kappa shape index (κ2) is 7.08. The van der Waals surface area contributed by atoms with Gasteiger partial charge in [-0.05, 0) is 19.1 Å². The number of aryl methyl sites for hydroxylation is 1. The monoisotopic (exact) mass is 325 g/mol. The predicted molar refractivity (Wildman–Crippen MR) is 90.7 cm³/mol. The van der Waals surface area contributed by atoms with E-state index in [0.717, 1.165) is 5.69 Å². The van der Waals surface area contributed by atoms with E-state index in [4.69, 9.17) is 5.21 Å². The summed E-state index contributed by atoms with van der Waals surface area (Å²) in [6, 6.07) is 8.97. The highest BCUT2D eigenvalue weighted by Crippen LogP contribution is 2.15. The quantitative estimate of drug-likeness (QED) is 0.526. The van der Waals surface area contributed by atoms with Gasteiger partial charge in [-0.1, -0.05) is 23.4 Å². The van der Waals surface area contributed by atoms with E-state index < -0.39 is 0 Å². The minimum absolute atomic E-state index is 0.0599. The number of carbonyl (C=O) groups is 1. The topological polar surface area (TPSA) is 81.9 Å². The average molecular weight is 325 g/mol. The molecule has 0 atom stereocenters. The molecule has 1 aromatic heterocycles. The number of oxime groups is 1. The highest BCUT2D eigenvalue weighted by molar-refractivity contribution is 6.02. The van der Waals surface area contributed by atoms with Crippen LogP contribution in [0.25, 0.3) is 0 Å². The zero-order valence-electron chi connectivity index (χ0n) is 13.5. The molecule has 1 amide bonds. The molecule has 7 nitrogen and oxygen atoms in total. The molecule has 1 N–H and O–H groups in total. The fourth-order valence-corrected chi connectivity index (χ4v) is 2.73. The lowest BCUT2D eigenvalue weighted by molar-refractivity contribution is 0.0746. The summed E-state index contributed by atoms with van der Waals surface area (Å²) in [6.07, 6.45) is 3.03. The lowest BCUT2D eigenvalue weighted by Crippen LogP contribution is -2.49. The molecule has 0 radical (unpaired) electrons. The number of hydrogen-bond acceptors (Lipinski definition) is 6. The Kier molecular flexibility index (Phi) is 4.69. The number of anilines is 1. The molecule has 7 heteroatoms. The first kappa shape index (κ1) is 15.9. The number of hydrogen-bond donors (Lipinski definition) is 1. The number of piperazine rings is 1. The Balaban J connectivity index is 1.70. The zero-order valence-corrected chi connectivity index (χ0v) is 13.5. The van der Waals surface area contributed by atoms with E-state index in [1.807, 2.05) is 13.0 Å². The Labute approximate surface area is 140 Å². The van der Waals surface area contributed by atoms with Gasteiger partial charge in [0.1, 0.15) is 0 Å². The summed E-state index contributed by atoms with van der Waals surface area (Å²) in [6.45, 7) is 4.50. The fourth-order valence-electron chi connectivity index (χ4n) is 2.73. The number of carbonyl (C=O) groups excluding carboxylic acids is 1. The Hall–Kier alpha value is -2.96. The van der Waals surface area contributed by atoms with Gasteiger partial charge in [0.15, 0.2) is 0 Å². The molecule has 1 saturated heterocycles. The van der Waals surface area contributed by atoms with Crippen LogP contribution in [-0.4, -0.2) is 58.4 Å². The van der Waals surface area contributed by atoms with Crippen molar-refractivity contribution in [3.05, 3.63) is 53.3 Å². The van der Waals surface area contributed by atoms with Crippen LogP contribution in [0.2, 0.25) is 0 Å². The van der Waals surface area contributed by atoms with Crippen LogP contribution in [-0.2, 0) is 0 Å². The summed E-state index contributed by atoms with van der Waals surface area (Å²) in [5.74, 6) is 0.644. The Morgan fingerprint density at radius 2 is 1.96 bits per heavy atom. The molecule has 0 aliphatic carbocycles. The SMILES string of the molecule is Cc1ccnc(N2CCN(C(=O)c3ccccc3/C=N/O)CC2)n1. The normalized spacial score (nSPS) is 15.0. The summed E-state index contributed by atoms with van der Waals surface area (Å²) >= 11 is 0. The Morgan fingerprint density at radius 3 is 2.67 bits per heavy atom. The molecular weight excluding hydrogens is 306 g/mol. The summed E-state index contributed by atoms with van der Waals surface area (Å²) < 4.78 is 0. The van der Waals surface area contributed by atoms with Gasteiger partial charge in [0.05, 0.1) is 6.21 Å². The van der Waals surface area contributed by atoms with Crippen molar-refractivity contribution in [2.75, 3.05) is 31.1 Å². The summed E-state index contributed by atoms with van der Waals surface area (Å²) in [5, 5.41) is 11.8. The van der Waals surface area contributed by atoms with Crippen LogP contribution >= 0.6 is 0 Å². The number of benzene rings is 1. The first-order valence-corrected chi connectivity index (χ1v) is 7.79. The third-order valence-electron chi connectivity index (χ3n) is 4.02. The lowest BCUT2D eigenvalue weighted by atomic mass is 10.1. The molecular formula is C17H19N5O2. The van der Waals surface area contributed by atoms with Crippen LogP contribution < -0.4 is 4.90 Å². The van der Waals surface area contributed by atoms with Gasteiger partial charge in [-0.2, -0.15) is 0 Å². The minimum Gasteiger partial charge on any atom is -0.411 e. The van der Waals surface area contributed by atoms with E-state index in [-0.39, 0.29) is 5.91 Å². The van der Waals surface area contributed by atoms with E-state index >= 15 is 0 Å². The van der Waals surface area contributed by atoms with Crippen molar-refractivity contribution in [1.29, 1.82) is 0 Å². The standard InChI is InChI=1S/C17H19N5O2/c1-13-6-7-18-17(20-13)22-10-8-21(9-11-22)16(23)15-5-3-2-4-14(15)12-19-24/h2-7,12,24H,8-11H2,1H3/b19-12+. The lowest BCUT2D eigenvalue weighted by Gasteiger charge is -2.35. The van der Waals surface area contributed by atoms with Crippen molar-refractivity contribution < 1.29 is 10.0 Å². The van der Waals surface area contributed by atoms with Gasteiger partial charge in [0, 0.05) is 49.2 Å². The summed E-state index contributed by atoms with van der Waals surface area (Å²) in [5.41, 5.74) is 2.07. The summed E-state index contributed by atoms with van der Waals surface area (Å²) in [7, 11) is 0. The van der Waals surface area contributed by atoms with Crippen molar-refractivity contribution in [2.45, 2.75) is 6.92 Å². The molecule has 1 aromatic carbocycles. The molecule has 0 spiro atoms. The molecule has 2 heterocycles. The van der Waals surface area contributed by atoms with Gasteiger partial charge in [-0.25, -0.2) is 9.97 Å². The molecule has 1 aliphatic heterocycles. The van der Waals surface area contributed by atoms with Gasteiger partial charge < -0.3 is 15.0 Å². The fraction of sp³-hybridized carbons (Fsp3) is 0.294. The highest BCUT2D eigenvalue weighted by atomic mass is 16.4. The van der Waals surface area contributed by atoms with Crippen molar-refractivity contribution >= 4 is 18.1 Å². The second-order valence-corrected chi connectivity index (χ2v) is 5.61. The van der Waals surface area contributed by atoms with Gasteiger partial charge in [0.25, 0.3) is 5.91 Å². The number of nitrogens with zero attached hydrogens (tertiary/aromatic N) is 5. The maximum absolute atomic E-state index is 12.7. The molecule has 3 rings (SSSR count). The van der Waals surface area contributed by atoms with Crippen LogP contribution in [0.5, 0.6) is 0 Å². The molecule has 0 bridgehead atoms.